The molecule has 2 aliphatic carbocycles. The van der Waals surface area contributed by atoms with E-state index in [9.17, 15) is 0 Å². The zero-order chi connectivity index (χ0) is 20.1. The first-order valence-corrected chi connectivity index (χ1v) is 11.3. The molecule has 0 saturated heterocycles. The van der Waals surface area contributed by atoms with E-state index in [1.807, 2.05) is 0 Å². The van der Waals surface area contributed by atoms with Crippen molar-refractivity contribution in [1.82, 2.24) is 4.98 Å². The Balaban J connectivity index is 1.33. The largest absolute Gasteiger partial charge is 0.261 e. The van der Waals surface area contributed by atoms with Gasteiger partial charge in [-0.2, -0.15) is 0 Å². The summed E-state index contributed by atoms with van der Waals surface area (Å²) in [4.78, 5) is 4.63. The highest BCUT2D eigenvalue weighted by molar-refractivity contribution is 5.83. The van der Waals surface area contributed by atoms with E-state index in [-0.39, 0.29) is 5.41 Å². The molecule has 0 unspecified atom stereocenters. The Kier molecular flexibility index (Phi) is 4.06. The minimum atomic E-state index is 0.272. The Hall–Kier alpha value is -2.93. The van der Waals surface area contributed by atoms with E-state index >= 15 is 0 Å². The number of hydrogen-bond acceptors (Lipinski definition) is 1. The first-order valence-electron chi connectivity index (χ1n) is 11.3. The van der Waals surface area contributed by atoms with Gasteiger partial charge in [0.05, 0.1) is 0 Å². The quantitative estimate of drug-likeness (QED) is 0.331. The molecule has 6 rings (SSSR count). The van der Waals surface area contributed by atoms with Crippen LogP contribution in [-0.4, -0.2) is 4.98 Å². The van der Waals surface area contributed by atoms with Gasteiger partial charge in [-0.05, 0) is 89.6 Å². The molecule has 4 aromatic rings. The summed E-state index contributed by atoms with van der Waals surface area (Å²) in [5.74, 6) is 0.671. The van der Waals surface area contributed by atoms with Crippen LogP contribution in [0.1, 0.15) is 54.0 Å². The van der Waals surface area contributed by atoms with Crippen LogP contribution in [0.3, 0.4) is 0 Å². The minimum absolute atomic E-state index is 0.272. The molecule has 0 amide bonds. The van der Waals surface area contributed by atoms with E-state index < -0.39 is 0 Å². The molecule has 1 heteroatoms. The van der Waals surface area contributed by atoms with Crippen LogP contribution in [-0.2, 0) is 11.8 Å². The van der Waals surface area contributed by atoms with Crippen LogP contribution in [0.4, 0.5) is 0 Å². The zero-order valence-corrected chi connectivity index (χ0v) is 17.6. The lowest BCUT2D eigenvalue weighted by Gasteiger charge is -2.45. The van der Waals surface area contributed by atoms with Crippen LogP contribution in [0, 0.1) is 6.92 Å². The van der Waals surface area contributed by atoms with Gasteiger partial charge in [0.25, 0.3) is 0 Å². The third-order valence-electron chi connectivity index (χ3n) is 7.63. The Labute approximate surface area is 178 Å². The summed E-state index contributed by atoms with van der Waals surface area (Å²) < 4.78 is 0. The standard InChI is InChI=1S/C29H27N/c1-20-16-27-25(19-30-20)18-29(28-9-5-4-8-26(27)28)14-12-22(13-15-29)24-11-10-21-6-2-3-7-23(21)17-24/h2-11,16-17,19,22H,12-15,18H2,1H3. The maximum absolute atomic E-state index is 4.63. The molecule has 1 aromatic heterocycles. The molecule has 1 heterocycles. The SMILES string of the molecule is Cc1cc2c(cn1)CC1(CCC(c3ccc4ccccc4c3)CC1)c1ccccc1-2. The lowest BCUT2D eigenvalue weighted by Crippen LogP contribution is -2.36. The van der Waals surface area contributed by atoms with Crippen LogP contribution >= 0.6 is 0 Å². The van der Waals surface area contributed by atoms with Gasteiger partial charge in [0.15, 0.2) is 0 Å². The van der Waals surface area contributed by atoms with E-state index in [4.69, 9.17) is 0 Å². The fourth-order valence-corrected chi connectivity index (χ4v) is 6.03. The van der Waals surface area contributed by atoms with Crippen molar-refractivity contribution in [2.45, 2.75) is 50.4 Å². The van der Waals surface area contributed by atoms with Gasteiger partial charge in [-0.15, -0.1) is 0 Å². The summed E-state index contributed by atoms with van der Waals surface area (Å²) in [5, 5.41) is 2.71. The molecule has 1 fully saturated rings. The first kappa shape index (κ1) is 17.9. The predicted octanol–water partition coefficient (Wildman–Crippen LogP) is 7.36. The van der Waals surface area contributed by atoms with Gasteiger partial charge < -0.3 is 0 Å². The maximum atomic E-state index is 4.63. The van der Waals surface area contributed by atoms with E-state index in [1.165, 1.54) is 58.7 Å². The molecule has 0 radical (unpaired) electrons. The molecule has 3 aromatic carbocycles. The van der Waals surface area contributed by atoms with Gasteiger partial charge >= 0.3 is 0 Å². The molecule has 2 aliphatic rings. The van der Waals surface area contributed by atoms with Crippen LogP contribution in [0.2, 0.25) is 0 Å². The zero-order valence-electron chi connectivity index (χ0n) is 17.6. The number of nitrogens with zero attached hydrogens (tertiary/aromatic N) is 1. The normalized spacial score (nSPS) is 22.6. The number of aryl methyl sites for hydroxylation is 1. The second-order valence-electron chi connectivity index (χ2n) is 9.37. The lowest BCUT2D eigenvalue weighted by molar-refractivity contribution is 0.265. The predicted molar refractivity (Wildman–Crippen MR) is 125 cm³/mol. The Bertz CT molecular complexity index is 1240. The number of pyridine rings is 1. The number of rotatable bonds is 1. The fraction of sp³-hybridized carbons (Fsp3) is 0.276. The highest BCUT2D eigenvalue weighted by atomic mass is 14.7. The smallest absolute Gasteiger partial charge is 0.0379 e. The molecule has 148 valence electrons. The van der Waals surface area contributed by atoms with Crippen molar-refractivity contribution in [2.75, 3.05) is 0 Å². The number of benzene rings is 3. The van der Waals surface area contributed by atoms with E-state index in [1.54, 1.807) is 5.56 Å². The van der Waals surface area contributed by atoms with Crippen molar-refractivity contribution in [3.63, 3.8) is 0 Å². The second-order valence-corrected chi connectivity index (χ2v) is 9.37. The number of hydrogen-bond donors (Lipinski definition) is 0. The molecule has 0 bridgehead atoms. The van der Waals surface area contributed by atoms with E-state index in [2.05, 4.69) is 90.9 Å². The summed E-state index contributed by atoms with van der Waals surface area (Å²) in [5.41, 5.74) is 8.75. The minimum Gasteiger partial charge on any atom is -0.261 e. The summed E-state index contributed by atoms with van der Waals surface area (Å²) in [6.45, 7) is 2.10. The summed E-state index contributed by atoms with van der Waals surface area (Å²) in [7, 11) is 0. The van der Waals surface area contributed by atoms with Crippen LogP contribution in [0.15, 0.2) is 79.0 Å². The van der Waals surface area contributed by atoms with Crippen molar-refractivity contribution in [2.24, 2.45) is 0 Å². The molecular formula is C29H27N. The van der Waals surface area contributed by atoms with Gasteiger partial charge in [-0.25, -0.2) is 0 Å². The average Bonchev–Trinajstić information content (AvgIpc) is 2.80. The Morgan fingerprint density at radius 2 is 1.57 bits per heavy atom. The molecular weight excluding hydrogens is 362 g/mol. The summed E-state index contributed by atoms with van der Waals surface area (Å²) in [6.07, 6.45) is 8.32. The van der Waals surface area contributed by atoms with Crippen LogP contribution in [0.25, 0.3) is 21.9 Å². The highest BCUT2D eigenvalue weighted by Gasteiger charge is 2.41. The Morgan fingerprint density at radius 1 is 0.800 bits per heavy atom. The molecule has 30 heavy (non-hydrogen) atoms. The van der Waals surface area contributed by atoms with Crippen molar-refractivity contribution in [3.8, 4) is 11.1 Å². The molecule has 0 aliphatic heterocycles. The van der Waals surface area contributed by atoms with Gasteiger partial charge in [0.2, 0.25) is 0 Å². The van der Waals surface area contributed by atoms with Crippen LogP contribution < -0.4 is 0 Å². The molecule has 1 saturated carbocycles. The van der Waals surface area contributed by atoms with Gasteiger partial charge in [0, 0.05) is 17.3 Å². The first-order chi connectivity index (χ1) is 14.7. The van der Waals surface area contributed by atoms with Gasteiger partial charge in [-0.1, -0.05) is 66.7 Å². The molecule has 1 nitrogen and oxygen atoms in total. The molecule has 0 N–H and O–H groups in total. The maximum Gasteiger partial charge on any atom is 0.0379 e. The Morgan fingerprint density at radius 3 is 2.43 bits per heavy atom. The average molecular weight is 390 g/mol. The highest BCUT2D eigenvalue weighted by Crippen LogP contribution is 2.52. The third kappa shape index (κ3) is 2.80. The van der Waals surface area contributed by atoms with Gasteiger partial charge in [-0.3, -0.25) is 4.98 Å². The topological polar surface area (TPSA) is 12.9 Å². The number of aromatic nitrogens is 1. The second kappa shape index (κ2) is 6.80. The monoisotopic (exact) mass is 389 g/mol. The van der Waals surface area contributed by atoms with Crippen LogP contribution in [0.5, 0.6) is 0 Å². The van der Waals surface area contributed by atoms with Crippen molar-refractivity contribution in [3.05, 3.63) is 101 Å². The van der Waals surface area contributed by atoms with Crippen molar-refractivity contribution in [1.29, 1.82) is 0 Å². The summed E-state index contributed by atoms with van der Waals surface area (Å²) >= 11 is 0. The third-order valence-corrected chi connectivity index (χ3v) is 7.63. The number of fused-ring (bicyclic) bond motifs is 5. The van der Waals surface area contributed by atoms with E-state index in [0.717, 1.165) is 12.1 Å². The fourth-order valence-electron chi connectivity index (χ4n) is 6.03. The van der Waals surface area contributed by atoms with Gasteiger partial charge in [0.1, 0.15) is 0 Å². The molecule has 1 spiro atoms. The van der Waals surface area contributed by atoms with Crippen molar-refractivity contribution >= 4 is 10.8 Å². The summed E-state index contributed by atoms with van der Waals surface area (Å²) in [6, 6.07) is 27.2. The van der Waals surface area contributed by atoms with Crippen molar-refractivity contribution < 1.29 is 0 Å². The lowest BCUT2D eigenvalue weighted by atomic mass is 9.59. The molecule has 0 atom stereocenters. The van der Waals surface area contributed by atoms with E-state index in [0.29, 0.717) is 5.92 Å².